The summed E-state index contributed by atoms with van der Waals surface area (Å²) in [5, 5.41) is 0. The van der Waals surface area contributed by atoms with Gasteiger partial charge in [0.15, 0.2) is 0 Å². The summed E-state index contributed by atoms with van der Waals surface area (Å²) < 4.78 is 12.8. The molecule has 0 bridgehead atoms. The molecule has 1 fully saturated rings. The number of carbonyl (C=O) groups excluding carboxylic acids is 1. The zero-order chi connectivity index (χ0) is 11.5. The highest BCUT2D eigenvalue weighted by molar-refractivity contribution is 5.79. The summed E-state index contributed by atoms with van der Waals surface area (Å²) in [6, 6.07) is 6.92. The number of nitrogens with zero attached hydrogens (tertiary/aromatic N) is 1. The minimum atomic E-state index is -0.212. The van der Waals surface area contributed by atoms with Crippen molar-refractivity contribution in [1.82, 2.24) is 0 Å². The van der Waals surface area contributed by atoms with Crippen molar-refractivity contribution in [3.63, 3.8) is 0 Å². The van der Waals surface area contributed by atoms with Crippen molar-refractivity contribution in [3.8, 4) is 0 Å². The van der Waals surface area contributed by atoms with Gasteiger partial charge in [0.2, 0.25) is 0 Å². The molecule has 0 unspecified atom stereocenters. The van der Waals surface area contributed by atoms with Crippen LogP contribution in [0.25, 0.3) is 0 Å². The van der Waals surface area contributed by atoms with Crippen LogP contribution in [0, 0.1) is 5.82 Å². The molecule has 1 aliphatic rings. The Labute approximate surface area is 95.1 Å². The van der Waals surface area contributed by atoms with Gasteiger partial charge in [-0.1, -0.05) is 0 Å². The Hall–Kier alpha value is -1.38. The molecular formula is C13H16FNO. The lowest BCUT2D eigenvalue weighted by Gasteiger charge is -2.32. The van der Waals surface area contributed by atoms with Crippen molar-refractivity contribution < 1.29 is 9.18 Å². The molecule has 1 aromatic rings. The number of benzene rings is 1. The number of carbonyl (C=O) groups is 1. The lowest BCUT2D eigenvalue weighted by atomic mass is 9.93. The third-order valence-corrected chi connectivity index (χ3v) is 3.29. The van der Waals surface area contributed by atoms with E-state index in [1.54, 1.807) is 12.1 Å². The predicted molar refractivity (Wildman–Crippen MR) is 62.1 cm³/mol. The van der Waals surface area contributed by atoms with Crippen molar-refractivity contribution in [2.24, 2.45) is 0 Å². The molecule has 0 amide bonds. The molecule has 0 spiro atoms. The van der Waals surface area contributed by atoms with Gasteiger partial charge in [0, 0.05) is 31.6 Å². The van der Waals surface area contributed by atoms with Gasteiger partial charge in [-0.25, -0.2) is 4.39 Å². The van der Waals surface area contributed by atoms with E-state index in [-0.39, 0.29) is 5.82 Å². The molecule has 86 valence electrons. The molecule has 0 heterocycles. The van der Waals surface area contributed by atoms with Crippen LogP contribution in [0.4, 0.5) is 10.1 Å². The van der Waals surface area contributed by atoms with Crippen LogP contribution in [0.15, 0.2) is 24.3 Å². The third kappa shape index (κ3) is 2.40. The van der Waals surface area contributed by atoms with Crippen LogP contribution >= 0.6 is 0 Å². The first-order chi connectivity index (χ1) is 7.66. The topological polar surface area (TPSA) is 20.3 Å². The fourth-order valence-corrected chi connectivity index (χ4v) is 2.20. The fraction of sp³-hybridized carbons (Fsp3) is 0.462. The lowest BCUT2D eigenvalue weighted by Crippen LogP contribution is -2.35. The number of Topliss-reactive ketones (excluding diaryl/α,β-unsaturated/α-hetero) is 1. The highest BCUT2D eigenvalue weighted by atomic mass is 19.1. The van der Waals surface area contributed by atoms with E-state index in [0.717, 1.165) is 18.5 Å². The molecule has 1 aromatic carbocycles. The van der Waals surface area contributed by atoms with E-state index in [2.05, 4.69) is 4.90 Å². The van der Waals surface area contributed by atoms with Crippen LogP contribution < -0.4 is 4.90 Å². The lowest BCUT2D eigenvalue weighted by molar-refractivity contribution is -0.120. The SMILES string of the molecule is CN(c1ccc(F)cc1)C1CCC(=O)CC1. The maximum Gasteiger partial charge on any atom is 0.133 e. The second kappa shape index (κ2) is 4.64. The van der Waals surface area contributed by atoms with E-state index in [9.17, 15) is 9.18 Å². The monoisotopic (exact) mass is 221 g/mol. The summed E-state index contributed by atoms with van der Waals surface area (Å²) in [5.74, 6) is 0.153. The molecule has 0 aliphatic heterocycles. The Morgan fingerprint density at radius 1 is 1.19 bits per heavy atom. The van der Waals surface area contributed by atoms with Gasteiger partial charge in [-0.2, -0.15) is 0 Å². The number of hydrogen-bond donors (Lipinski definition) is 0. The highest BCUT2D eigenvalue weighted by Gasteiger charge is 2.22. The average Bonchev–Trinajstić information content (AvgIpc) is 2.30. The summed E-state index contributed by atoms with van der Waals surface area (Å²) in [4.78, 5) is 13.3. The van der Waals surface area contributed by atoms with Crippen molar-refractivity contribution in [1.29, 1.82) is 0 Å². The van der Waals surface area contributed by atoms with Gasteiger partial charge in [-0.3, -0.25) is 4.79 Å². The van der Waals surface area contributed by atoms with Crippen LogP contribution in [0.2, 0.25) is 0 Å². The number of rotatable bonds is 2. The zero-order valence-corrected chi connectivity index (χ0v) is 9.45. The minimum absolute atomic E-state index is 0.212. The fourth-order valence-electron chi connectivity index (χ4n) is 2.20. The van der Waals surface area contributed by atoms with Gasteiger partial charge in [0.1, 0.15) is 11.6 Å². The van der Waals surface area contributed by atoms with Gasteiger partial charge in [-0.05, 0) is 37.1 Å². The minimum Gasteiger partial charge on any atom is -0.372 e. The highest BCUT2D eigenvalue weighted by Crippen LogP contribution is 2.24. The average molecular weight is 221 g/mol. The van der Waals surface area contributed by atoms with Crippen molar-refractivity contribution in [2.45, 2.75) is 31.7 Å². The van der Waals surface area contributed by atoms with Crippen LogP contribution in [-0.2, 0) is 4.79 Å². The summed E-state index contributed by atoms with van der Waals surface area (Å²) in [6.45, 7) is 0. The van der Waals surface area contributed by atoms with Crippen molar-refractivity contribution in [2.75, 3.05) is 11.9 Å². The van der Waals surface area contributed by atoms with E-state index in [1.165, 1.54) is 12.1 Å². The van der Waals surface area contributed by atoms with E-state index in [1.807, 2.05) is 7.05 Å². The molecule has 3 heteroatoms. The second-order valence-corrected chi connectivity index (χ2v) is 4.36. The maximum absolute atomic E-state index is 12.8. The quantitative estimate of drug-likeness (QED) is 0.765. The van der Waals surface area contributed by atoms with E-state index in [0.29, 0.717) is 24.7 Å². The molecule has 0 N–H and O–H groups in total. The molecule has 0 aromatic heterocycles. The number of halogens is 1. The molecule has 2 rings (SSSR count). The first-order valence-corrected chi connectivity index (χ1v) is 5.67. The summed E-state index contributed by atoms with van der Waals surface area (Å²) in [6.07, 6.45) is 3.17. The largest absolute Gasteiger partial charge is 0.372 e. The smallest absolute Gasteiger partial charge is 0.133 e. The Bertz CT molecular complexity index is 364. The summed E-state index contributed by atoms with van der Waals surface area (Å²) >= 11 is 0. The first kappa shape index (κ1) is 11.1. The van der Waals surface area contributed by atoms with Crippen molar-refractivity contribution >= 4 is 11.5 Å². The van der Waals surface area contributed by atoms with Gasteiger partial charge in [0.25, 0.3) is 0 Å². The molecular weight excluding hydrogens is 205 g/mol. The molecule has 0 radical (unpaired) electrons. The second-order valence-electron chi connectivity index (χ2n) is 4.36. The van der Waals surface area contributed by atoms with Crippen molar-refractivity contribution in [3.05, 3.63) is 30.1 Å². The summed E-state index contributed by atoms with van der Waals surface area (Å²) in [5.41, 5.74) is 1.01. The molecule has 0 atom stereocenters. The van der Waals surface area contributed by atoms with Gasteiger partial charge in [0.05, 0.1) is 0 Å². The van der Waals surface area contributed by atoms with Crippen LogP contribution in [-0.4, -0.2) is 18.9 Å². The van der Waals surface area contributed by atoms with Gasteiger partial charge < -0.3 is 4.90 Å². The van der Waals surface area contributed by atoms with Crippen LogP contribution in [0.1, 0.15) is 25.7 Å². The third-order valence-electron chi connectivity index (χ3n) is 3.29. The number of hydrogen-bond acceptors (Lipinski definition) is 2. The van der Waals surface area contributed by atoms with Crippen LogP contribution in [0.3, 0.4) is 0 Å². The molecule has 1 saturated carbocycles. The van der Waals surface area contributed by atoms with E-state index < -0.39 is 0 Å². The standard InChI is InChI=1S/C13H16FNO/c1-15(11-4-2-10(14)3-5-11)12-6-8-13(16)9-7-12/h2-5,12H,6-9H2,1H3. The Morgan fingerprint density at radius 2 is 1.75 bits per heavy atom. The van der Waals surface area contributed by atoms with Gasteiger partial charge in [-0.15, -0.1) is 0 Å². The zero-order valence-electron chi connectivity index (χ0n) is 9.45. The first-order valence-electron chi connectivity index (χ1n) is 5.67. The maximum atomic E-state index is 12.8. The van der Waals surface area contributed by atoms with Gasteiger partial charge >= 0.3 is 0 Å². The number of ketones is 1. The summed E-state index contributed by atoms with van der Waals surface area (Å²) in [7, 11) is 2.01. The van der Waals surface area contributed by atoms with E-state index in [4.69, 9.17) is 0 Å². The van der Waals surface area contributed by atoms with Crippen LogP contribution in [0.5, 0.6) is 0 Å². The van der Waals surface area contributed by atoms with E-state index >= 15 is 0 Å². The Morgan fingerprint density at radius 3 is 2.31 bits per heavy atom. The normalized spacial score (nSPS) is 17.5. The molecule has 1 aliphatic carbocycles. The molecule has 2 nitrogen and oxygen atoms in total. The molecule has 0 saturated heterocycles. The molecule has 16 heavy (non-hydrogen) atoms. The Kier molecular flexibility index (Phi) is 3.22. The Balaban J connectivity index is 2.04. The number of anilines is 1. The predicted octanol–water partition coefficient (Wildman–Crippen LogP) is 2.77.